The quantitative estimate of drug-likeness (QED) is 0.470. The minimum Gasteiger partial charge on any atom is -0.351 e. The number of carbonyl (C=O) groups excluding carboxylic acids is 1. The molecule has 24 heavy (non-hydrogen) atoms. The van der Waals surface area contributed by atoms with E-state index in [9.17, 15) is 23.7 Å². The molecule has 2 aromatic rings. The van der Waals surface area contributed by atoms with Gasteiger partial charge < -0.3 is 5.32 Å². The topological polar surface area (TPSA) is 72.2 Å². The van der Waals surface area contributed by atoms with E-state index in [1.165, 1.54) is 23.9 Å². The van der Waals surface area contributed by atoms with Crippen LogP contribution in [0.4, 0.5) is 14.5 Å². The fourth-order valence-corrected chi connectivity index (χ4v) is 2.77. The predicted octanol–water partition coefficient (Wildman–Crippen LogP) is 3.54. The molecule has 1 N–H and O–H groups in total. The Hall–Kier alpha value is -2.48. The molecule has 0 saturated heterocycles. The van der Waals surface area contributed by atoms with Crippen LogP contribution in [0.15, 0.2) is 42.5 Å². The molecule has 0 saturated carbocycles. The number of nitrogens with one attached hydrogen (secondary N) is 1. The Balaban J connectivity index is 1.80. The van der Waals surface area contributed by atoms with Crippen molar-refractivity contribution in [1.82, 2.24) is 5.32 Å². The van der Waals surface area contributed by atoms with Crippen LogP contribution in [0.1, 0.15) is 15.9 Å². The predicted molar refractivity (Wildman–Crippen MR) is 87.9 cm³/mol. The molecule has 0 spiro atoms. The molecule has 0 heterocycles. The second-order valence-corrected chi connectivity index (χ2v) is 5.93. The largest absolute Gasteiger partial charge is 0.351 e. The highest BCUT2D eigenvalue weighted by Gasteiger charge is 2.17. The zero-order valence-corrected chi connectivity index (χ0v) is 13.3. The van der Waals surface area contributed by atoms with Gasteiger partial charge in [0.05, 0.1) is 4.92 Å². The Morgan fingerprint density at radius 1 is 1.17 bits per heavy atom. The van der Waals surface area contributed by atoms with Crippen LogP contribution in [0, 0.1) is 21.7 Å². The van der Waals surface area contributed by atoms with E-state index in [2.05, 4.69) is 5.32 Å². The molecule has 8 heteroatoms. The Kier molecular flexibility index (Phi) is 6.25. The van der Waals surface area contributed by atoms with Crippen molar-refractivity contribution in [3.63, 3.8) is 0 Å². The summed E-state index contributed by atoms with van der Waals surface area (Å²) in [7, 11) is 0. The number of hydrogen-bond donors (Lipinski definition) is 1. The van der Waals surface area contributed by atoms with Gasteiger partial charge in [0, 0.05) is 29.7 Å². The molecule has 0 atom stereocenters. The van der Waals surface area contributed by atoms with Crippen LogP contribution in [0.5, 0.6) is 0 Å². The lowest BCUT2D eigenvalue weighted by atomic mass is 10.2. The highest BCUT2D eigenvalue weighted by Crippen LogP contribution is 2.18. The minimum absolute atomic E-state index is 0.0159. The molecule has 0 unspecified atom stereocenters. The molecule has 2 aromatic carbocycles. The van der Waals surface area contributed by atoms with Crippen LogP contribution in [-0.4, -0.2) is 23.1 Å². The summed E-state index contributed by atoms with van der Waals surface area (Å²) in [4.78, 5) is 21.7. The van der Waals surface area contributed by atoms with E-state index in [1.807, 2.05) is 0 Å². The number of benzene rings is 2. The number of carbonyl (C=O) groups is 1. The first-order valence-corrected chi connectivity index (χ1v) is 8.18. The SMILES string of the molecule is O=C(NCCSCc1ccccc1F)c1ccc(F)c([N+](=O)[O-])c1. The minimum atomic E-state index is -0.989. The van der Waals surface area contributed by atoms with Gasteiger partial charge in [-0.05, 0) is 23.8 Å². The molecule has 0 aliphatic rings. The maximum Gasteiger partial charge on any atom is 0.305 e. The lowest BCUT2D eigenvalue weighted by molar-refractivity contribution is -0.387. The normalized spacial score (nSPS) is 10.4. The van der Waals surface area contributed by atoms with Gasteiger partial charge in [0.25, 0.3) is 5.91 Å². The summed E-state index contributed by atoms with van der Waals surface area (Å²) >= 11 is 1.45. The van der Waals surface area contributed by atoms with Crippen molar-refractivity contribution in [3.8, 4) is 0 Å². The van der Waals surface area contributed by atoms with Gasteiger partial charge in [-0.1, -0.05) is 18.2 Å². The number of nitro groups is 1. The van der Waals surface area contributed by atoms with E-state index in [0.717, 1.165) is 12.1 Å². The van der Waals surface area contributed by atoms with Crippen molar-refractivity contribution in [2.75, 3.05) is 12.3 Å². The van der Waals surface area contributed by atoms with Crippen LogP contribution in [0.3, 0.4) is 0 Å². The van der Waals surface area contributed by atoms with Crippen LogP contribution in [0.25, 0.3) is 0 Å². The van der Waals surface area contributed by atoms with Crippen molar-refractivity contribution in [3.05, 3.63) is 75.3 Å². The summed E-state index contributed by atoms with van der Waals surface area (Å²) < 4.78 is 26.6. The van der Waals surface area contributed by atoms with Gasteiger partial charge in [-0.15, -0.1) is 0 Å². The first kappa shape index (κ1) is 17.9. The third-order valence-electron chi connectivity index (χ3n) is 3.15. The standard InChI is InChI=1S/C16H14F2N2O3S/c17-13-4-2-1-3-12(13)10-24-8-7-19-16(21)11-5-6-14(18)15(9-11)20(22)23/h1-6,9H,7-8,10H2,(H,19,21). The van der Waals surface area contributed by atoms with E-state index >= 15 is 0 Å². The number of hydrogen-bond acceptors (Lipinski definition) is 4. The number of nitro benzene ring substituents is 1. The first-order valence-electron chi connectivity index (χ1n) is 7.02. The number of rotatable bonds is 7. The summed E-state index contributed by atoms with van der Waals surface area (Å²) in [5.41, 5.74) is -0.137. The molecule has 5 nitrogen and oxygen atoms in total. The number of halogens is 2. The van der Waals surface area contributed by atoms with Crippen molar-refractivity contribution in [1.29, 1.82) is 0 Å². The van der Waals surface area contributed by atoms with E-state index in [1.54, 1.807) is 18.2 Å². The zero-order valence-electron chi connectivity index (χ0n) is 12.5. The molecule has 2 rings (SSSR count). The molecule has 0 bridgehead atoms. The number of amides is 1. The Morgan fingerprint density at radius 3 is 2.62 bits per heavy atom. The van der Waals surface area contributed by atoms with E-state index in [0.29, 0.717) is 23.6 Å². The highest BCUT2D eigenvalue weighted by molar-refractivity contribution is 7.98. The molecular weight excluding hydrogens is 338 g/mol. The second kappa shape index (κ2) is 8.39. The lowest BCUT2D eigenvalue weighted by Gasteiger charge is -2.06. The molecule has 0 aromatic heterocycles. The van der Waals surface area contributed by atoms with Gasteiger partial charge in [0.1, 0.15) is 5.82 Å². The van der Waals surface area contributed by atoms with Gasteiger partial charge >= 0.3 is 5.69 Å². The van der Waals surface area contributed by atoms with Gasteiger partial charge in [-0.2, -0.15) is 16.2 Å². The Bertz CT molecular complexity index is 756. The maximum absolute atomic E-state index is 13.4. The van der Waals surface area contributed by atoms with E-state index in [-0.39, 0.29) is 11.4 Å². The van der Waals surface area contributed by atoms with Gasteiger partial charge in [0.15, 0.2) is 0 Å². The molecular formula is C16H14F2N2O3S. The van der Waals surface area contributed by atoms with Crippen molar-refractivity contribution >= 4 is 23.4 Å². The monoisotopic (exact) mass is 352 g/mol. The number of thioether (sulfide) groups is 1. The summed E-state index contributed by atoms with van der Waals surface area (Å²) in [5.74, 6) is -0.761. The maximum atomic E-state index is 13.4. The van der Waals surface area contributed by atoms with Crippen molar-refractivity contribution < 1.29 is 18.5 Å². The van der Waals surface area contributed by atoms with Crippen LogP contribution in [-0.2, 0) is 5.75 Å². The Morgan fingerprint density at radius 2 is 1.92 bits per heavy atom. The molecule has 1 amide bonds. The molecule has 0 fully saturated rings. The third-order valence-corrected chi connectivity index (χ3v) is 4.16. The van der Waals surface area contributed by atoms with Gasteiger partial charge in [-0.3, -0.25) is 14.9 Å². The summed E-state index contributed by atoms with van der Waals surface area (Å²) in [6, 6.07) is 9.42. The summed E-state index contributed by atoms with van der Waals surface area (Å²) in [5, 5.41) is 13.2. The van der Waals surface area contributed by atoms with Crippen LogP contribution >= 0.6 is 11.8 Å². The lowest BCUT2D eigenvalue weighted by Crippen LogP contribution is -2.25. The van der Waals surface area contributed by atoms with Crippen LogP contribution in [0.2, 0.25) is 0 Å². The molecule has 126 valence electrons. The third kappa shape index (κ3) is 4.76. The molecule has 0 radical (unpaired) electrons. The van der Waals surface area contributed by atoms with Crippen molar-refractivity contribution in [2.45, 2.75) is 5.75 Å². The van der Waals surface area contributed by atoms with Crippen LogP contribution < -0.4 is 5.32 Å². The second-order valence-electron chi connectivity index (χ2n) is 4.82. The van der Waals surface area contributed by atoms with E-state index < -0.39 is 22.3 Å². The smallest absolute Gasteiger partial charge is 0.305 e. The van der Waals surface area contributed by atoms with E-state index in [4.69, 9.17) is 0 Å². The number of nitrogens with zero attached hydrogens (tertiary/aromatic N) is 1. The first-order chi connectivity index (χ1) is 11.5. The summed E-state index contributed by atoms with van der Waals surface area (Å²) in [6.07, 6.45) is 0. The highest BCUT2D eigenvalue weighted by atomic mass is 32.2. The van der Waals surface area contributed by atoms with Gasteiger partial charge in [0.2, 0.25) is 5.82 Å². The average molecular weight is 352 g/mol. The van der Waals surface area contributed by atoms with Gasteiger partial charge in [-0.25, -0.2) is 4.39 Å². The average Bonchev–Trinajstić information content (AvgIpc) is 2.56. The summed E-state index contributed by atoms with van der Waals surface area (Å²) in [6.45, 7) is 0.309. The van der Waals surface area contributed by atoms with Crippen molar-refractivity contribution in [2.24, 2.45) is 0 Å². The molecule has 0 aliphatic carbocycles. The zero-order chi connectivity index (χ0) is 17.5. The molecule has 0 aliphatic heterocycles. The fourth-order valence-electron chi connectivity index (χ4n) is 1.93. The fraction of sp³-hybridized carbons (Fsp3) is 0.188. The Labute approximate surface area is 141 Å².